The highest BCUT2D eigenvalue weighted by atomic mass is 16.5. The highest BCUT2D eigenvalue weighted by Gasteiger charge is 2.46. The molecule has 0 spiro atoms. The number of aliphatic hydroxyl groups is 1. The van der Waals surface area contributed by atoms with E-state index in [1.54, 1.807) is 7.11 Å². The summed E-state index contributed by atoms with van der Waals surface area (Å²) in [5.74, 6) is 0.285. The van der Waals surface area contributed by atoms with Crippen LogP contribution in [-0.2, 0) is 9.47 Å². The van der Waals surface area contributed by atoms with Crippen molar-refractivity contribution in [2.24, 2.45) is 5.92 Å². The third-order valence-electron chi connectivity index (χ3n) is 3.77. The molecule has 1 aliphatic carbocycles. The molecule has 82 valence electrons. The van der Waals surface area contributed by atoms with E-state index in [0.717, 1.165) is 32.3 Å². The Bertz CT molecular complexity index is 185. The molecule has 0 amide bonds. The van der Waals surface area contributed by atoms with Crippen LogP contribution in [0.5, 0.6) is 0 Å². The van der Waals surface area contributed by atoms with Gasteiger partial charge in [0.1, 0.15) is 0 Å². The van der Waals surface area contributed by atoms with Crippen LogP contribution >= 0.6 is 0 Å². The van der Waals surface area contributed by atoms with E-state index in [2.05, 4.69) is 0 Å². The van der Waals surface area contributed by atoms with Gasteiger partial charge in [0, 0.05) is 19.6 Å². The van der Waals surface area contributed by atoms with Gasteiger partial charge >= 0.3 is 0 Å². The lowest BCUT2D eigenvalue weighted by Gasteiger charge is -2.42. The fourth-order valence-electron chi connectivity index (χ4n) is 2.87. The van der Waals surface area contributed by atoms with Crippen LogP contribution < -0.4 is 0 Å². The quantitative estimate of drug-likeness (QED) is 0.731. The van der Waals surface area contributed by atoms with Gasteiger partial charge in [-0.2, -0.15) is 0 Å². The molecule has 0 bridgehead atoms. The van der Waals surface area contributed by atoms with Crippen molar-refractivity contribution in [2.45, 2.75) is 43.8 Å². The summed E-state index contributed by atoms with van der Waals surface area (Å²) in [5.41, 5.74) is -0.622. The molecule has 0 aromatic rings. The van der Waals surface area contributed by atoms with Gasteiger partial charge in [-0.05, 0) is 19.3 Å². The maximum Gasteiger partial charge on any atom is 0.0958 e. The molecule has 2 rings (SSSR count). The molecule has 0 aromatic heterocycles. The summed E-state index contributed by atoms with van der Waals surface area (Å²) in [6.45, 7) is 1.50. The number of hydrogen-bond acceptors (Lipinski definition) is 3. The van der Waals surface area contributed by atoms with Gasteiger partial charge in [0.05, 0.1) is 18.3 Å². The topological polar surface area (TPSA) is 38.7 Å². The summed E-state index contributed by atoms with van der Waals surface area (Å²) < 4.78 is 10.8. The number of methoxy groups -OCH3 is 1. The smallest absolute Gasteiger partial charge is 0.0958 e. The molecule has 1 saturated heterocycles. The van der Waals surface area contributed by atoms with Gasteiger partial charge in [0.15, 0.2) is 0 Å². The summed E-state index contributed by atoms with van der Waals surface area (Å²) in [5, 5.41) is 10.6. The fourth-order valence-corrected chi connectivity index (χ4v) is 2.87. The molecule has 1 aliphatic heterocycles. The van der Waals surface area contributed by atoms with Crippen LogP contribution in [0.15, 0.2) is 0 Å². The molecule has 14 heavy (non-hydrogen) atoms. The lowest BCUT2D eigenvalue weighted by atomic mass is 9.73. The zero-order chi connectivity index (χ0) is 10.0. The normalized spacial score (nSPS) is 44.1. The standard InChI is InChI=1S/C11H20O3/c1-13-10-4-2-3-6-11(10,12)9-5-7-14-8-9/h9-10,12H,2-8H2,1H3. The Hall–Kier alpha value is -0.120. The Kier molecular flexibility index (Phi) is 3.10. The summed E-state index contributed by atoms with van der Waals surface area (Å²) in [4.78, 5) is 0. The molecule has 1 N–H and O–H groups in total. The number of ether oxygens (including phenoxy) is 2. The highest BCUT2D eigenvalue weighted by molar-refractivity contribution is 4.97. The number of rotatable bonds is 2. The first kappa shape index (κ1) is 10.4. The molecule has 3 heteroatoms. The SMILES string of the molecule is COC1CCCCC1(O)C1CCOC1. The molecule has 1 heterocycles. The molecule has 2 aliphatic rings. The van der Waals surface area contributed by atoms with Crippen molar-refractivity contribution in [3.8, 4) is 0 Å². The molecule has 0 radical (unpaired) electrons. The predicted octanol–water partition coefficient (Wildman–Crippen LogP) is 1.34. The Morgan fingerprint density at radius 2 is 2.21 bits per heavy atom. The van der Waals surface area contributed by atoms with Crippen molar-refractivity contribution in [3.05, 3.63) is 0 Å². The van der Waals surface area contributed by atoms with Gasteiger partial charge in [-0.25, -0.2) is 0 Å². The molecule has 0 aromatic carbocycles. The zero-order valence-electron chi connectivity index (χ0n) is 8.87. The Labute approximate surface area is 85.4 Å². The van der Waals surface area contributed by atoms with E-state index in [1.807, 2.05) is 0 Å². The van der Waals surface area contributed by atoms with Gasteiger partial charge in [-0.15, -0.1) is 0 Å². The van der Waals surface area contributed by atoms with Gasteiger partial charge in [-0.1, -0.05) is 12.8 Å². The van der Waals surface area contributed by atoms with E-state index in [-0.39, 0.29) is 12.0 Å². The molecule has 3 unspecified atom stereocenters. The second-order valence-corrected chi connectivity index (χ2v) is 4.52. The van der Waals surface area contributed by atoms with Crippen molar-refractivity contribution in [1.82, 2.24) is 0 Å². The third kappa shape index (κ3) is 1.69. The maximum absolute atomic E-state index is 10.6. The van der Waals surface area contributed by atoms with Crippen molar-refractivity contribution < 1.29 is 14.6 Å². The van der Waals surface area contributed by atoms with Crippen molar-refractivity contribution >= 4 is 0 Å². The van der Waals surface area contributed by atoms with Gasteiger partial charge in [-0.3, -0.25) is 0 Å². The molecule has 1 saturated carbocycles. The lowest BCUT2D eigenvalue weighted by Crippen LogP contribution is -2.51. The highest BCUT2D eigenvalue weighted by Crippen LogP contribution is 2.39. The van der Waals surface area contributed by atoms with E-state index in [4.69, 9.17) is 9.47 Å². The van der Waals surface area contributed by atoms with Crippen LogP contribution in [0.2, 0.25) is 0 Å². The van der Waals surface area contributed by atoms with Crippen molar-refractivity contribution in [1.29, 1.82) is 0 Å². The Morgan fingerprint density at radius 3 is 2.86 bits per heavy atom. The minimum atomic E-state index is -0.622. The number of hydrogen-bond donors (Lipinski definition) is 1. The first-order valence-corrected chi connectivity index (χ1v) is 5.60. The van der Waals surface area contributed by atoms with E-state index in [0.29, 0.717) is 6.61 Å². The predicted molar refractivity (Wildman–Crippen MR) is 53.1 cm³/mol. The summed E-state index contributed by atoms with van der Waals surface area (Å²) >= 11 is 0. The van der Waals surface area contributed by atoms with Gasteiger partial charge in [0.25, 0.3) is 0 Å². The van der Waals surface area contributed by atoms with Crippen molar-refractivity contribution in [3.63, 3.8) is 0 Å². The maximum atomic E-state index is 10.6. The van der Waals surface area contributed by atoms with Crippen LogP contribution in [0.3, 0.4) is 0 Å². The van der Waals surface area contributed by atoms with Crippen LogP contribution in [0.4, 0.5) is 0 Å². The van der Waals surface area contributed by atoms with E-state index < -0.39 is 5.60 Å². The molecule has 2 fully saturated rings. The summed E-state index contributed by atoms with van der Waals surface area (Å²) in [6, 6.07) is 0. The first-order valence-electron chi connectivity index (χ1n) is 5.60. The minimum absolute atomic E-state index is 0.0166. The lowest BCUT2D eigenvalue weighted by molar-refractivity contribution is -0.149. The Morgan fingerprint density at radius 1 is 1.36 bits per heavy atom. The summed E-state index contributed by atoms with van der Waals surface area (Å²) in [6.07, 6.45) is 5.16. The largest absolute Gasteiger partial charge is 0.387 e. The van der Waals surface area contributed by atoms with Crippen LogP contribution in [-0.4, -0.2) is 37.1 Å². The minimum Gasteiger partial charge on any atom is -0.387 e. The fraction of sp³-hybridized carbons (Fsp3) is 1.00. The van der Waals surface area contributed by atoms with E-state index >= 15 is 0 Å². The van der Waals surface area contributed by atoms with E-state index in [1.165, 1.54) is 6.42 Å². The van der Waals surface area contributed by atoms with Gasteiger partial charge in [0.2, 0.25) is 0 Å². The van der Waals surface area contributed by atoms with E-state index in [9.17, 15) is 5.11 Å². The average molecular weight is 200 g/mol. The molecule has 3 nitrogen and oxygen atoms in total. The average Bonchev–Trinajstić information content (AvgIpc) is 2.72. The summed E-state index contributed by atoms with van der Waals surface area (Å²) in [7, 11) is 1.71. The third-order valence-corrected chi connectivity index (χ3v) is 3.77. The second-order valence-electron chi connectivity index (χ2n) is 4.52. The zero-order valence-corrected chi connectivity index (χ0v) is 8.87. The van der Waals surface area contributed by atoms with Crippen LogP contribution in [0.25, 0.3) is 0 Å². The molecule has 3 atom stereocenters. The van der Waals surface area contributed by atoms with Crippen LogP contribution in [0, 0.1) is 5.92 Å². The van der Waals surface area contributed by atoms with Crippen molar-refractivity contribution in [2.75, 3.05) is 20.3 Å². The van der Waals surface area contributed by atoms with Gasteiger partial charge < -0.3 is 14.6 Å². The molecular weight excluding hydrogens is 180 g/mol. The second kappa shape index (κ2) is 4.17. The first-order chi connectivity index (χ1) is 6.77. The molecular formula is C11H20O3. The monoisotopic (exact) mass is 200 g/mol. The Balaban J connectivity index is 2.08. The van der Waals surface area contributed by atoms with Crippen LogP contribution in [0.1, 0.15) is 32.1 Å².